The number of halogens is 1. The second kappa shape index (κ2) is 7.35. The number of amides is 1. The Morgan fingerprint density at radius 1 is 1.44 bits per heavy atom. The van der Waals surface area contributed by atoms with E-state index < -0.39 is 15.1 Å². The summed E-state index contributed by atoms with van der Waals surface area (Å²) in [5.74, 6) is 0.177. The van der Waals surface area contributed by atoms with Crippen LogP contribution in [0.4, 0.5) is 0 Å². The second-order valence-electron chi connectivity index (χ2n) is 5.75. The van der Waals surface area contributed by atoms with Crippen LogP contribution in [0, 0.1) is 0 Å². The van der Waals surface area contributed by atoms with Gasteiger partial charge in [0.05, 0.1) is 16.8 Å². The quantitative estimate of drug-likeness (QED) is 0.766. The summed E-state index contributed by atoms with van der Waals surface area (Å²) in [6.45, 7) is 1.70. The maximum absolute atomic E-state index is 12.2. The number of carbonyl (C=O) groups excluding carboxylic acids is 1. The highest BCUT2D eigenvalue weighted by atomic mass is 35.5. The molecule has 3 rings (SSSR count). The lowest BCUT2D eigenvalue weighted by molar-refractivity contribution is -0.120. The van der Waals surface area contributed by atoms with Crippen molar-refractivity contribution in [3.8, 4) is 11.5 Å². The SMILES string of the molecule is C[C@H](Sc1nnc(-c2cccc(Cl)c2)o1)C(=O)N[C@@H]1CCS(=O)(=O)C1. The molecule has 1 fully saturated rings. The number of aromatic nitrogens is 2. The maximum atomic E-state index is 12.2. The zero-order valence-electron chi connectivity index (χ0n) is 13.3. The predicted octanol–water partition coefficient (Wildman–Crippen LogP) is 2.17. The summed E-state index contributed by atoms with van der Waals surface area (Å²) in [6.07, 6.45) is 0.449. The highest BCUT2D eigenvalue weighted by Crippen LogP contribution is 2.27. The molecule has 2 heterocycles. The number of carbonyl (C=O) groups is 1. The van der Waals surface area contributed by atoms with Gasteiger partial charge in [-0.2, -0.15) is 0 Å². The fourth-order valence-corrected chi connectivity index (χ4v) is 4.98. The van der Waals surface area contributed by atoms with Crippen molar-refractivity contribution >= 4 is 39.1 Å². The van der Waals surface area contributed by atoms with E-state index in [1.807, 2.05) is 0 Å². The van der Waals surface area contributed by atoms with Gasteiger partial charge in [-0.15, -0.1) is 10.2 Å². The maximum Gasteiger partial charge on any atom is 0.277 e. The molecule has 0 spiro atoms. The molecule has 134 valence electrons. The summed E-state index contributed by atoms with van der Waals surface area (Å²) in [6, 6.07) is 6.70. The van der Waals surface area contributed by atoms with E-state index in [-0.39, 0.29) is 28.7 Å². The van der Waals surface area contributed by atoms with Crippen molar-refractivity contribution in [1.82, 2.24) is 15.5 Å². The van der Waals surface area contributed by atoms with E-state index in [0.29, 0.717) is 22.9 Å². The largest absolute Gasteiger partial charge is 0.411 e. The average molecular weight is 402 g/mol. The van der Waals surface area contributed by atoms with Crippen LogP contribution in [0.15, 0.2) is 33.9 Å². The highest BCUT2D eigenvalue weighted by molar-refractivity contribution is 8.00. The number of nitrogens with one attached hydrogen (secondary N) is 1. The van der Waals surface area contributed by atoms with E-state index in [4.69, 9.17) is 16.0 Å². The molecule has 25 heavy (non-hydrogen) atoms. The molecule has 7 nitrogen and oxygen atoms in total. The Bertz CT molecular complexity index is 884. The molecule has 0 aliphatic carbocycles. The first-order valence-electron chi connectivity index (χ1n) is 7.59. The van der Waals surface area contributed by atoms with E-state index in [1.54, 1.807) is 31.2 Å². The number of hydrogen-bond donors (Lipinski definition) is 1. The molecule has 2 atom stereocenters. The first-order chi connectivity index (χ1) is 11.8. The van der Waals surface area contributed by atoms with Crippen molar-refractivity contribution < 1.29 is 17.6 Å². The first-order valence-corrected chi connectivity index (χ1v) is 10.7. The van der Waals surface area contributed by atoms with Crippen LogP contribution < -0.4 is 5.32 Å². The molecule has 1 saturated heterocycles. The molecular formula is C15H16ClN3O4S2. The number of hydrogen-bond acceptors (Lipinski definition) is 7. The summed E-state index contributed by atoms with van der Waals surface area (Å²) in [5.41, 5.74) is 0.695. The molecule has 2 aromatic rings. The van der Waals surface area contributed by atoms with Crippen molar-refractivity contribution in [3.05, 3.63) is 29.3 Å². The van der Waals surface area contributed by atoms with Crippen molar-refractivity contribution in [2.45, 2.75) is 29.9 Å². The van der Waals surface area contributed by atoms with E-state index in [9.17, 15) is 13.2 Å². The molecule has 10 heteroatoms. The van der Waals surface area contributed by atoms with Crippen LogP contribution >= 0.6 is 23.4 Å². The normalized spacial score (nSPS) is 20.3. The van der Waals surface area contributed by atoms with Crippen LogP contribution in [0.1, 0.15) is 13.3 Å². The zero-order valence-corrected chi connectivity index (χ0v) is 15.7. The Morgan fingerprint density at radius 3 is 2.92 bits per heavy atom. The lowest BCUT2D eigenvalue weighted by atomic mass is 10.2. The summed E-state index contributed by atoms with van der Waals surface area (Å²) in [4.78, 5) is 12.2. The number of rotatable bonds is 5. The lowest BCUT2D eigenvalue weighted by Crippen LogP contribution is -2.39. The molecule has 1 N–H and O–H groups in total. The van der Waals surface area contributed by atoms with E-state index in [0.717, 1.165) is 11.8 Å². The molecule has 0 unspecified atom stereocenters. The minimum absolute atomic E-state index is 0.00437. The molecule has 0 bridgehead atoms. The van der Waals surface area contributed by atoms with Gasteiger partial charge in [-0.1, -0.05) is 29.4 Å². The summed E-state index contributed by atoms with van der Waals surface area (Å²) in [5, 5.41) is 11.0. The number of nitrogens with zero attached hydrogens (tertiary/aromatic N) is 2. The fourth-order valence-electron chi connectivity index (χ4n) is 2.43. The van der Waals surface area contributed by atoms with Gasteiger partial charge in [-0.25, -0.2) is 8.42 Å². The van der Waals surface area contributed by atoms with E-state index >= 15 is 0 Å². The van der Waals surface area contributed by atoms with Crippen LogP contribution in [-0.4, -0.2) is 47.3 Å². The molecule has 1 aliphatic heterocycles. The van der Waals surface area contributed by atoms with Crippen molar-refractivity contribution in [2.24, 2.45) is 0 Å². The zero-order chi connectivity index (χ0) is 18.0. The number of sulfone groups is 1. The molecule has 0 radical (unpaired) electrons. The van der Waals surface area contributed by atoms with Crippen LogP contribution in [-0.2, 0) is 14.6 Å². The standard InChI is InChI=1S/C15H16ClN3O4S2/c1-9(13(20)17-12-5-6-25(21,22)8-12)24-15-19-18-14(23-15)10-3-2-4-11(16)7-10/h2-4,7,9,12H,5-6,8H2,1H3,(H,17,20)/t9-,12+/m0/s1. The van der Waals surface area contributed by atoms with Crippen molar-refractivity contribution in [2.75, 3.05) is 11.5 Å². The number of benzene rings is 1. The van der Waals surface area contributed by atoms with E-state index in [2.05, 4.69) is 15.5 Å². The Labute approximate surface area is 154 Å². The first kappa shape index (κ1) is 18.2. The van der Waals surface area contributed by atoms with Crippen LogP contribution in [0.3, 0.4) is 0 Å². The van der Waals surface area contributed by atoms with Crippen molar-refractivity contribution in [1.29, 1.82) is 0 Å². The molecular weight excluding hydrogens is 386 g/mol. The number of thioether (sulfide) groups is 1. The Morgan fingerprint density at radius 2 is 2.24 bits per heavy atom. The Balaban J connectivity index is 1.59. The molecule has 1 aliphatic rings. The fraction of sp³-hybridized carbons (Fsp3) is 0.400. The average Bonchev–Trinajstić information content (AvgIpc) is 3.13. The molecule has 1 aromatic carbocycles. The van der Waals surface area contributed by atoms with Gasteiger partial charge in [0.25, 0.3) is 5.22 Å². The van der Waals surface area contributed by atoms with Gasteiger partial charge in [-0.05, 0) is 31.5 Å². The van der Waals surface area contributed by atoms with Gasteiger partial charge in [0.1, 0.15) is 0 Å². The van der Waals surface area contributed by atoms with Crippen molar-refractivity contribution in [3.63, 3.8) is 0 Å². The minimum Gasteiger partial charge on any atom is -0.411 e. The lowest BCUT2D eigenvalue weighted by Gasteiger charge is -2.14. The minimum atomic E-state index is -3.03. The molecule has 1 amide bonds. The molecule has 1 aromatic heterocycles. The van der Waals surface area contributed by atoms with Gasteiger partial charge in [-0.3, -0.25) is 4.79 Å². The Hall–Kier alpha value is -1.58. The van der Waals surface area contributed by atoms with Gasteiger partial charge in [0.15, 0.2) is 9.84 Å². The smallest absolute Gasteiger partial charge is 0.277 e. The monoisotopic (exact) mass is 401 g/mol. The second-order valence-corrected chi connectivity index (χ2v) is 9.71. The van der Waals surface area contributed by atoms with Crippen LogP contribution in [0.2, 0.25) is 5.02 Å². The predicted molar refractivity (Wildman–Crippen MR) is 95.3 cm³/mol. The van der Waals surface area contributed by atoms with Gasteiger partial charge in [0.2, 0.25) is 11.8 Å². The third kappa shape index (κ3) is 4.74. The third-order valence-corrected chi connectivity index (χ3v) is 6.64. The van der Waals surface area contributed by atoms with E-state index in [1.165, 1.54) is 0 Å². The topological polar surface area (TPSA) is 102 Å². The Kier molecular flexibility index (Phi) is 5.35. The highest BCUT2D eigenvalue weighted by Gasteiger charge is 2.30. The van der Waals surface area contributed by atoms with Crippen LogP contribution in [0.5, 0.6) is 0 Å². The van der Waals surface area contributed by atoms with Crippen LogP contribution in [0.25, 0.3) is 11.5 Å². The summed E-state index contributed by atoms with van der Waals surface area (Å²) < 4.78 is 28.4. The van der Waals surface area contributed by atoms with Gasteiger partial charge < -0.3 is 9.73 Å². The van der Waals surface area contributed by atoms with Gasteiger partial charge >= 0.3 is 0 Å². The summed E-state index contributed by atoms with van der Waals surface area (Å²) in [7, 11) is -3.03. The summed E-state index contributed by atoms with van der Waals surface area (Å²) >= 11 is 7.06. The third-order valence-electron chi connectivity index (χ3n) is 3.70. The van der Waals surface area contributed by atoms with Gasteiger partial charge in [0, 0.05) is 16.6 Å². The molecule has 0 saturated carbocycles.